The summed E-state index contributed by atoms with van der Waals surface area (Å²) in [5.41, 5.74) is 3.77. The molecular formula is C32H41N3O5S. The van der Waals surface area contributed by atoms with Crippen LogP contribution in [0.3, 0.4) is 0 Å². The van der Waals surface area contributed by atoms with E-state index in [1.54, 1.807) is 56.5 Å². The maximum atomic E-state index is 14.1. The number of hydrogen-bond acceptors (Lipinski definition) is 5. The summed E-state index contributed by atoms with van der Waals surface area (Å²) in [6.07, 6.45) is 0.734. The molecule has 220 valence electrons. The van der Waals surface area contributed by atoms with Crippen molar-refractivity contribution in [3.8, 4) is 5.75 Å². The summed E-state index contributed by atoms with van der Waals surface area (Å²) in [5, 5.41) is 2.95. The first-order valence-electron chi connectivity index (χ1n) is 13.8. The molecule has 0 spiro atoms. The second-order valence-corrected chi connectivity index (χ2v) is 12.3. The van der Waals surface area contributed by atoms with Gasteiger partial charge in [0.25, 0.3) is 10.0 Å². The van der Waals surface area contributed by atoms with Crippen molar-refractivity contribution in [3.05, 3.63) is 89.0 Å². The van der Waals surface area contributed by atoms with Gasteiger partial charge in [-0.1, -0.05) is 54.4 Å². The first-order chi connectivity index (χ1) is 19.4. The van der Waals surface area contributed by atoms with Gasteiger partial charge < -0.3 is 15.0 Å². The minimum absolute atomic E-state index is 0.0765. The van der Waals surface area contributed by atoms with Gasteiger partial charge in [0.05, 0.1) is 17.7 Å². The average Bonchev–Trinajstić information content (AvgIpc) is 2.94. The Hall–Kier alpha value is -3.85. The van der Waals surface area contributed by atoms with E-state index in [4.69, 9.17) is 4.74 Å². The van der Waals surface area contributed by atoms with Crippen LogP contribution in [0.1, 0.15) is 49.4 Å². The highest BCUT2D eigenvalue weighted by Crippen LogP contribution is 2.28. The quantitative estimate of drug-likeness (QED) is 0.320. The van der Waals surface area contributed by atoms with Crippen molar-refractivity contribution in [1.82, 2.24) is 10.2 Å². The largest absolute Gasteiger partial charge is 0.497 e. The third-order valence-electron chi connectivity index (χ3n) is 7.16. The molecule has 0 aliphatic rings. The number of nitrogens with zero attached hydrogens (tertiary/aromatic N) is 2. The van der Waals surface area contributed by atoms with Crippen molar-refractivity contribution in [2.45, 2.75) is 71.5 Å². The zero-order valence-corrected chi connectivity index (χ0v) is 25.8. The van der Waals surface area contributed by atoms with E-state index in [2.05, 4.69) is 5.32 Å². The standard InChI is InChI=1S/C32H41N3O5S/c1-8-25(5)33-32(37)26(6)34(20-27-10-9-11-28(19-27)40-7)31(36)21-35(30-17-14-23(3)18-24(30)4)41(38,39)29-15-12-22(2)13-16-29/h9-19,25-26H,8,20-21H2,1-7H3,(H,33,37). The van der Waals surface area contributed by atoms with Crippen LogP contribution in [0.15, 0.2) is 71.6 Å². The molecule has 3 aromatic rings. The monoisotopic (exact) mass is 579 g/mol. The minimum Gasteiger partial charge on any atom is -0.497 e. The fourth-order valence-electron chi connectivity index (χ4n) is 4.45. The molecule has 0 fully saturated rings. The number of benzene rings is 3. The lowest BCUT2D eigenvalue weighted by molar-refractivity contribution is -0.139. The number of sulfonamides is 1. The first kappa shape index (κ1) is 31.7. The van der Waals surface area contributed by atoms with Crippen LogP contribution in [0.25, 0.3) is 0 Å². The number of nitrogens with one attached hydrogen (secondary N) is 1. The second-order valence-electron chi connectivity index (χ2n) is 10.5. The molecule has 0 aliphatic carbocycles. The Balaban J connectivity index is 2.07. The highest BCUT2D eigenvalue weighted by molar-refractivity contribution is 7.92. The molecule has 3 aromatic carbocycles. The molecule has 0 aliphatic heterocycles. The van der Waals surface area contributed by atoms with Crippen LogP contribution in [0, 0.1) is 20.8 Å². The Morgan fingerprint density at radius 3 is 2.20 bits per heavy atom. The van der Waals surface area contributed by atoms with Crippen LogP contribution >= 0.6 is 0 Å². The van der Waals surface area contributed by atoms with Crippen molar-refractivity contribution in [2.24, 2.45) is 0 Å². The van der Waals surface area contributed by atoms with Gasteiger partial charge in [-0.15, -0.1) is 0 Å². The third kappa shape index (κ3) is 7.88. The number of aryl methyl sites for hydroxylation is 3. The zero-order valence-electron chi connectivity index (χ0n) is 25.0. The molecule has 0 saturated heterocycles. The summed E-state index contributed by atoms with van der Waals surface area (Å²) in [4.78, 5) is 28.8. The fraction of sp³-hybridized carbons (Fsp3) is 0.375. The van der Waals surface area contributed by atoms with Gasteiger partial charge in [-0.2, -0.15) is 0 Å². The normalized spacial score (nSPS) is 12.8. The summed E-state index contributed by atoms with van der Waals surface area (Å²) in [6.45, 7) is 10.8. The molecule has 0 radical (unpaired) electrons. The Labute approximate surface area is 244 Å². The topological polar surface area (TPSA) is 96.0 Å². The Morgan fingerprint density at radius 1 is 0.927 bits per heavy atom. The fourth-order valence-corrected chi connectivity index (χ4v) is 5.93. The highest BCUT2D eigenvalue weighted by atomic mass is 32.2. The molecule has 2 atom stereocenters. The van der Waals surface area contributed by atoms with Crippen molar-refractivity contribution < 1.29 is 22.7 Å². The van der Waals surface area contributed by atoms with Gasteiger partial charge in [-0.25, -0.2) is 8.42 Å². The molecule has 41 heavy (non-hydrogen) atoms. The van der Waals surface area contributed by atoms with Crippen LogP contribution in [0.5, 0.6) is 5.75 Å². The summed E-state index contributed by atoms with van der Waals surface area (Å²) in [7, 11) is -2.56. The highest BCUT2D eigenvalue weighted by Gasteiger charge is 2.33. The molecule has 9 heteroatoms. The smallest absolute Gasteiger partial charge is 0.264 e. The number of amides is 2. The molecule has 2 unspecified atom stereocenters. The van der Waals surface area contributed by atoms with Gasteiger partial charge in [0.2, 0.25) is 11.8 Å². The first-order valence-corrected chi connectivity index (χ1v) is 15.2. The minimum atomic E-state index is -4.12. The van der Waals surface area contributed by atoms with E-state index in [0.717, 1.165) is 33.0 Å². The number of carbonyl (C=O) groups is 2. The second kappa shape index (κ2) is 13.7. The number of methoxy groups -OCH3 is 1. The van der Waals surface area contributed by atoms with E-state index < -0.39 is 28.5 Å². The Kier molecular flexibility index (Phi) is 10.6. The number of anilines is 1. The maximum Gasteiger partial charge on any atom is 0.264 e. The summed E-state index contributed by atoms with van der Waals surface area (Å²) in [5.74, 6) is -0.198. The van der Waals surface area contributed by atoms with Crippen molar-refractivity contribution in [1.29, 1.82) is 0 Å². The summed E-state index contributed by atoms with van der Waals surface area (Å²) < 4.78 is 34.6. The predicted molar refractivity (Wildman–Crippen MR) is 163 cm³/mol. The zero-order chi connectivity index (χ0) is 30.3. The van der Waals surface area contributed by atoms with Crippen LogP contribution in [-0.2, 0) is 26.2 Å². The number of ether oxygens (including phenoxy) is 1. The molecule has 0 saturated carbocycles. The van der Waals surface area contributed by atoms with Crippen LogP contribution < -0.4 is 14.4 Å². The lowest BCUT2D eigenvalue weighted by Gasteiger charge is -2.33. The van der Waals surface area contributed by atoms with E-state index in [1.807, 2.05) is 58.9 Å². The van der Waals surface area contributed by atoms with E-state index in [-0.39, 0.29) is 23.4 Å². The van der Waals surface area contributed by atoms with Gasteiger partial charge >= 0.3 is 0 Å². The summed E-state index contributed by atoms with van der Waals surface area (Å²) >= 11 is 0. The third-order valence-corrected chi connectivity index (χ3v) is 8.94. The van der Waals surface area contributed by atoms with Crippen LogP contribution in [0.4, 0.5) is 5.69 Å². The molecule has 0 bridgehead atoms. The van der Waals surface area contributed by atoms with Crippen LogP contribution in [-0.4, -0.2) is 50.9 Å². The Bertz CT molecular complexity index is 1470. The van der Waals surface area contributed by atoms with Crippen molar-refractivity contribution in [2.75, 3.05) is 18.0 Å². The van der Waals surface area contributed by atoms with Gasteiger partial charge in [-0.3, -0.25) is 13.9 Å². The van der Waals surface area contributed by atoms with Gasteiger partial charge in [-0.05, 0) is 82.5 Å². The average molecular weight is 580 g/mol. The van der Waals surface area contributed by atoms with E-state index >= 15 is 0 Å². The van der Waals surface area contributed by atoms with Gasteiger partial charge in [0.15, 0.2) is 0 Å². The molecule has 0 aromatic heterocycles. The molecule has 8 nitrogen and oxygen atoms in total. The SMILES string of the molecule is CCC(C)NC(=O)C(C)N(Cc1cccc(OC)c1)C(=O)CN(c1ccc(C)cc1C)S(=O)(=O)c1ccc(C)cc1. The number of rotatable bonds is 12. The molecule has 1 N–H and O–H groups in total. The van der Waals surface area contributed by atoms with Crippen molar-refractivity contribution in [3.63, 3.8) is 0 Å². The molecular weight excluding hydrogens is 538 g/mol. The molecule has 0 heterocycles. The number of carbonyl (C=O) groups excluding carboxylic acids is 2. The maximum absolute atomic E-state index is 14.1. The van der Waals surface area contributed by atoms with E-state index in [9.17, 15) is 18.0 Å². The molecule has 3 rings (SSSR count). The predicted octanol–water partition coefficient (Wildman–Crippen LogP) is 5.15. The summed E-state index contributed by atoms with van der Waals surface area (Å²) in [6, 6.07) is 18.3. The van der Waals surface area contributed by atoms with Gasteiger partial charge in [0, 0.05) is 12.6 Å². The lowest BCUT2D eigenvalue weighted by atomic mass is 10.1. The molecule has 2 amide bonds. The van der Waals surface area contributed by atoms with Crippen LogP contribution in [0.2, 0.25) is 0 Å². The lowest BCUT2D eigenvalue weighted by Crippen LogP contribution is -2.52. The number of hydrogen-bond donors (Lipinski definition) is 1. The van der Waals surface area contributed by atoms with E-state index in [0.29, 0.717) is 11.4 Å². The van der Waals surface area contributed by atoms with Crippen molar-refractivity contribution >= 4 is 27.5 Å². The Morgan fingerprint density at radius 2 is 1.59 bits per heavy atom. The van der Waals surface area contributed by atoms with E-state index in [1.165, 1.54) is 4.90 Å². The van der Waals surface area contributed by atoms with Gasteiger partial charge in [0.1, 0.15) is 18.3 Å².